The number of Topliss-reactive ketones (excluding diaryl/α,β-unsaturated/α-hetero) is 1. The van der Waals surface area contributed by atoms with E-state index in [0.29, 0.717) is 19.6 Å². The molecule has 1 saturated heterocycles. The third-order valence-electron chi connectivity index (χ3n) is 3.75. The van der Waals surface area contributed by atoms with Gasteiger partial charge in [-0.05, 0) is 31.0 Å². The van der Waals surface area contributed by atoms with Gasteiger partial charge in [-0.15, -0.1) is 0 Å². The van der Waals surface area contributed by atoms with Crippen LogP contribution in [0.5, 0.6) is 0 Å². The Balaban J connectivity index is 1.94. The third kappa shape index (κ3) is 3.41. The first-order chi connectivity index (χ1) is 9.10. The topological polar surface area (TPSA) is 40.6 Å². The Morgan fingerprint density at radius 3 is 2.42 bits per heavy atom. The van der Waals surface area contributed by atoms with E-state index in [0.717, 1.165) is 30.6 Å². The summed E-state index contributed by atoms with van der Waals surface area (Å²) >= 11 is 0. The normalized spacial score (nSPS) is 16.4. The molecule has 1 aromatic rings. The zero-order valence-corrected chi connectivity index (χ0v) is 11.6. The fourth-order valence-corrected chi connectivity index (χ4v) is 2.24. The molecule has 0 aromatic heterocycles. The number of hydrogen-bond acceptors (Lipinski definition) is 3. The molecule has 0 radical (unpaired) electrons. The fraction of sp³-hybridized carbons (Fsp3) is 0.467. The Morgan fingerprint density at radius 2 is 1.84 bits per heavy atom. The van der Waals surface area contributed by atoms with Crippen molar-refractivity contribution in [2.75, 3.05) is 32.7 Å². The average molecular weight is 260 g/mol. The van der Waals surface area contributed by atoms with Crippen LogP contribution in [-0.2, 0) is 4.79 Å². The van der Waals surface area contributed by atoms with E-state index in [9.17, 15) is 9.59 Å². The highest BCUT2D eigenvalue weighted by Crippen LogP contribution is 2.11. The van der Waals surface area contributed by atoms with Gasteiger partial charge in [-0.1, -0.05) is 12.1 Å². The predicted molar refractivity (Wildman–Crippen MR) is 74.3 cm³/mol. The number of amides is 1. The highest BCUT2D eigenvalue weighted by Gasteiger charge is 2.18. The van der Waals surface area contributed by atoms with Crippen LogP contribution in [-0.4, -0.2) is 54.7 Å². The van der Waals surface area contributed by atoms with Gasteiger partial charge in [0.25, 0.3) is 0 Å². The summed E-state index contributed by atoms with van der Waals surface area (Å²) in [5.41, 5.74) is 3.13. The predicted octanol–water partition coefficient (Wildman–Crippen LogP) is 1.26. The maximum Gasteiger partial charge on any atom is 0.209 e. The Morgan fingerprint density at radius 1 is 1.16 bits per heavy atom. The van der Waals surface area contributed by atoms with Gasteiger partial charge >= 0.3 is 0 Å². The van der Waals surface area contributed by atoms with Crippen molar-refractivity contribution >= 4 is 12.2 Å². The SMILES string of the molecule is Cc1ccc(C(=O)CN2CCN(C=O)CC2)cc1C. The zero-order chi connectivity index (χ0) is 13.8. The first-order valence-electron chi connectivity index (χ1n) is 6.62. The van der Waals surface area contributed by atoms with E-state index < -0.39 is 0 Å². The molecule has 1 aromatic carbocycles. The Hall–Kier alpha value is -1.68. The number of ketones is 1. The lowest BCUT2D eigenvalue weighted by molar-refractivity contribution is -0.119. The molecule has 0 atom stereocenters. The van der Waals surface area contributed by atoms with E-state index in [1.165, 1.54) is 5.56 Å². The summed E-state index contributed by atoms with van der Waals surface area (Å²) in [5.74, 6) is 0.155. The molecule has 2 rings (SSSR count). The van der Waals surface area contributed by atoms with E-state index in [1.54, 1.807) is 4.90 Å². The number of carbonyl (C=O) groups is 2. The summed E-state index contributed by atoms with van der Waals surface area (Å²) in [6.45, 7) is 7.48. The minimum atomic E-state index is 0.155. The molecule has 1 fully saturated rings. The molecular weight excluding hydrogens is 240 g/mol. The van der Waals surface area contributed by atoms with Crippen LogP contribution >= 0.6 is 0 Å². The quantitative estimate of drug-likeness (QED) is 0.604. The minimum absolute atomic E-state index is 0.155. The first-order valence-corrected chi connectivity index (χ1v) is 6.62. The van der Waals surface area contributed by atoms with Crippen LogP contribution in [0.4, 0.5) is 0 Å². The van der Waals surface area contributed by atoms with Gasteiger partial charge < -0.3 is 4.90 Å². The number of nitrogens with zero attached hydrogens (tertiary/aromatic N) is 2. The van der Waals surface area contributed by atoms with E-state index >= 15 is 0 Å². The Kier molecular flexibility index (Phi) is 4.32. The van der Waals surface area contributed by atoms with Crippen LogP contribution in [0.2, 0.25) is 0 Å². The van der Waals surface area contributed by atoms with Crippen LogP contribution in [0.15, 0.2) is 18.2 Å². The average Bonchev–Trinajstić information content (AvgIpc) is 2.42. The molecule has 4 nitrogen and oxygen atoms in total. The van der Waals surface area contributed by atoms with Gasteiger partial charge in [-0.25, -0.2) is 0 Å². The molecule has 0 aliphatic carbocycles. The van der Waals surface area contributed by atoms with Gasteiger partial charge in [0.15, 0.2) is 5.78 Å². The second-order valence-corrected chi connectivity index (χ2v) is 5.14. The molecule has 1 aliphatic rings. The molecule has 0 saturated carbocycles. The van der Waals surface area contributed by atoms with Crippen LogP contribution < -0.4 is 0 Å². The van der Waals surface area contributed by atoms with Gasteiger partial charge in [-0.3, -0.25) is 14.5 Å². The molecule has 0 unspecified atom stereocenters. The van der Waals surface area contributed by atoms with Crippen molar-refractivity contribution in [2.24, 2.45) is 0 Å². The second kappa shape index (κ2) is 5.97. The fourth-order valence-electron chi connectivity index (χ4n) is 2.24. The van der Waals surface area contributed by atoms with Gasteiger partial charge in [0.05, 0.1) is 6.54 Å². The number of rotatable bonds is 4. The van der Waals surface area contributed by atoms with Crippen molar-refractivity contribution in [3.63, 3.8) is 0 Å². The molecule has 1 aliphatic heterocycles. The summed E-state index contributed by atoms with van der Waals surface area (Å²) in [7, 11) is 0. The number of carbonyl (C=O) groups excluding carboxylic acids is 2. The summed E-state index contributed by atoms with van der Waals surface area (Å²) in [4.78, 5) is 26.7. The largest absolute Gasteiger partial charge is 0.343 e. The first kappa shape index (κ1) is 13.7. The highest BCUT2D eigenvalue weighted by atomic mass is 16.1. The standard InChI is InChI=1S/C15H20N2O2/c1-12-3-4-14(9-13(12)2)15(19)10-16-5-7-17(11-18)8-6-16/h3-4,9,11H,5-8,10H2,1-2H3. The number of aryl methyl sites for hydroxylation is 2. The summed E-state index contributed by atoms with van der Waals surface area (Å²) in [5, 5.41) is 0. The smallest absolute Gasteiger partial charge is 0.209 e. The molecular formula is C15H20N2O2. The minimum Gasteiger partial charge on any atom is -0.343 e. The maximum absolute atomic E-state index is 12.2. The van der Waals surface area contributed by atoms with Crippen LogP contribution in [0, 0.1) is 13.8 Å². The van der Waals surface area contributed by atoms with Crippen LogP contribution in [0.3, 0.4) is 0 Å². The van der Waals surface area contributed by atoms with E-state index in [1.807, 2.05) is 32.0 Å². The summed E-state index contributed by atoms with van der Waals surface area (Å²) in [6.07, 6.45) is 0.877. The Labute approximate surface area is 114 Å². The van der Waals surface area contributed by atoms with Crippen molar-refractivity contribution in [1.82, 2.24) is 9.80 Å². The highest BCUT2D eigenvalue weighted by molar-refractivity contribution is 5.97. The number of piperazine rings is 1. The molecule has 102 valence electrons. The number of benzene rings is 1. The Bertz CT molecular complexity index is 477. The van der Waals surface area contributed by atoms with E-state index in [-0.39, 0.29) is 5.78 Å². The van der Waals surface area contributed by atoms with E-state index in [4.69, 9.17) is 0 Å². The van der Waals surface area contributed by atoms with Gasteiger partial charge in [0.1, 0.15) is 0 Å². The molecule has 1 amide bonds. The van der Waals surface area contributed by atoms with Crippen molar-refractivity contribution in [3.8, 4) is 0 Å². The van der Waals surface area contributed by atoms with Crippen molar-refractivity contribution in [3.05, 3.63) is 34.9 Å². The zero-order valence-electron chi connectivity index (χ0n) is 11.6. The third-order valence-corrected chi connectivity index (χ3v) is 3.75. The van der Waals surface area contributed by atoms with Gasteiger partial charge in [-0.2, -0.15) is 0 Å². The lowest BCUT2D eigenvalue weighted by atomic mass is 10.0. The van der Waals surface area contributed by atoms with Crippen molar-refractivity contribution in [2.45, 2.75) is 13.8 Å². The molecule has 0 N–H and O–H groups in total. The molecule has 19 heavy (non-hydrogen) atoms. The molecule has 0 bridgehead atoms. The maximum atomic E-state index is 12.2. The second-order valence-electron chi connectivity index (χ2n) is 5.14. The number of hydrogen-bond donors (Lipinski definition) is 0. The lowest BCUT2D eigenvalue weighted by Crippen LogP contribution is -2.47. The molecule has 1 heterocycles. The summed E-state index contributed by atoms with van der Waals surface area (Å²) < 4.78 is 0. The van der Waals surface area contributed by atoms with Crippen molar-refractivity contribution in [1.29, 1.82) is 0 Å². The molecule has 0 spiro atoms. The van der Waals surface area contributed by atoms with Gasteiger partial charge in [0.2, 0.25) is 6.41 Å². The van der Waals surface area contributed by atoms with Gasteiger partial charge in [0, 0.05) is 31.7 Å². The van der Waals surface area contributed by atoms with E-state index in [2.05, 4.69) is 4.90 Å². The van der Waals surface area contributed by atoms with Crippen LogP contribution in [0.1, 0.15) is 21.5 Å². The summed E-state index contributed by atoms with van der Waals surface area (Å²) in [6, 6.07) is 5.85. The lowest BCUT2D eigenvalue weighted by Gasteiger charge is -2.31. The van der Waals surface area contributed by atoms with Crippen molar-refractivity contribution < 1.29 is 9.59 Å². The van der Waals surface area contributed by atoms with Crippen LogP contribution in [0.25, 0.3) is 0 Å². The monoisotopic (exact) mass is 260 g/mol. The molecule has 4 heteroatoms.